The van der Waals surface area contributed by atoms with Crippen LogP contribution in [0.2, 0.25) is 0 Å². The molecule has 21 heavy (non-hydrogen) atoms. The van der Waals surface area contributed by atoms with Crippen LogP contribution < -0.4 is 4.74 Å². The first-order valence-corrected chi connectivity index (χ1v) is 6.98. The Balaban J connectivity index is 2.12. The van der Waals surface area contributed by atoms with E-state index < -0.39 is 6.10 Å². The van der Waals surface area contributed by atoms with Gasteiger partial charge in [0.2, 0.25) is 5.78 Å². The van der Waals surface area contributed by atoms with Crippen LogP contribution in [-0.4, -0.2) is 17.7 Å². The van der Waals surface area contributed by atoms with Gasteiger partial charge in [-0.15, -0.1) is 0 Å². The molecule has 2 aromatic carbocycles. The number of carbonyl (C=O) groups excluding carboxylic acids is 2. The minimum atomic E-state index is -0.518. The van der Waals surface area contributed by atoms with Gasteiger partial charge in [0, 0.05) is 11.1 Å². The van der Waals surface area contributed by atoms with Crippen molar-refractivity contribution in [2.75, 3.05) is 0 Å². The van der Waals surface area contributed by atoms with Crippen LogP contribution in [0.25, 0.3) is 0 Å². The molecule has 2 rings (SSSR count). The molecule has 0 aliphatic carbocycles. The largest absolute Gasteiger partial charge is 0.482 e. The number of ether oxygens (including phenoxy) is 1. The minimum absolute atomic E-state index is 0.00829. The second-order valence-electron chi connectivity index (χ2n) is 4.83. The molecule has 3 nitrogen and oxygen atoms in total. The molecule has 1 atom stereocenters. The lowest BCUT2D eigenvalue weighted by Crippen LogP contribution is -2.26. The van der Waals surface area contributed by atoms with Crippen molar-refractivity contribution >= 4 is 11.6 Å². The number of ketones is 2. The standard InChI is InChI=1S/C18H18O3/c1-3-17(18(20)15-7-5-4-6-8-15)21-16-11-9-14(10-12-16)13(2)19/h4-12,17H,3H2,1-2H3. The number of carbonyl (C=O) groups is 2. The Morgan fingerprint density at radius 1 is 0.952 bits per heavy atom. The number of Topliss-reactive ketones (excluding diaryl/α,β-unsaturated/α-hetero) is 2. The van der Waals surface area contributed by atoms with Crippen molar-refractivity contribution in [1.29, 1.82) is 0 Å². The zero-order valence-corrected chi connectivity index (χ0v) is 12.2. The van der Waals surface area contributed by atoms with E-state index in [0.29, 0.717) is 23.3 Å². The lowest BCUT2D eigenvalue weighted by Gasteiger charge is -2.16. The highest BCUT2D eigenvalue weighted by atomic mass is 16.5. The Morgan fingerprint density at radius 3 is 2.10 bits per heavy atom. The van der Waals surface area contributed by atoms with Gasteiger partial charge in [0.15, 0.2) is 11.9 Å². The van der Waals surface area contributed by atoms with Crippen LogP contribution in [0.1, 0.15) is 41.0 Å². The first-order valence-electron chi connectivity index (χ1n) is 6.98. The molecular weight excluding hydrogens is 264 g/mol. The fourth-order valence-corrected chi connectivity index (χ4v) is 2.04. The first kappa shape index (κ1) is 15.0. The van der Waals surface area contributed by atoms with E-state index in [1.165, 1.54) is 6.92 Å². The average molecular weight is 282 g/mol. The second-order valence-corrected chi connectivity index (χ2v) is 4.83. The van der Waals surface area contributed by atoms with Crippen molar-refractivity contribution in [3.63, 3.8) is 0 Å². The lowest BCUT2D eigenvalue weighted by molar-refractivity contribution is 0.0786. The van der Waals surface area contributed by atoms with E-state index >= 15 is 0 Å². The maximum Gasteiger partial charge on any atom is 0.203 e. The van der Waals surface area contributed by atoms with E-state index in [4.69, 9.17) is 4.74 Å². The van der Waals surface area contributed by atoms with Crippen molar-refractivity contribution in [1.82, 2.24) is 0 Å². The van der Waals surface area contributed by atoms with E-state index in [2.05, 4.69) is 0 Å². The van der Waals surface area contributed by atoms with Crippen molar-refractivity contribution in [3.05, 3.63) is 65.7 Å². The summed E-state index contributed by atoms with van der Waals surface area (Å²) in [6.45, 7) is 3.43. The number of hydrogen-bond acceptors (Lipinski definition) is 3. The van der Waals surface area contributed by atoms with Gasteiger partial charge in [-0.05, 0) is 37.6 Å². The van der Waals surface area contributed by atoms with E-state index in [1.54, 1.807) is 36.4 Å². The molecule has 0 spiro atoms. The van der Waals surface area contributed by atoms with Gasteiger partial charge in [0.1, 0.15) is 5.75 Å². The average Bonchev–Trinajstić information content (AvgIpc) is 2.53. The van der Waals surface area contributed by atoms with Crippen LogP contribution in [-0.2, 0) is 0 Å². The molecule has 0 aliphatic rings. The Hall–Kier alpha value is -2.42. The molecule has 3 heteroatoms. The monoisotopic (exact) mass is 282 g/mol. The predicted molar refractivity (Wildman–Crippen MR) is 81.9 cm³/mol. The Morgan fingerprint density at radius 2 is 1.57 bits per heavy atom. The molecule has 0 bridgehead atoms. The van der Waals surface area contributed by atoms with Crippen LogP contribution in [0.3, 0.4) is 0 Å². The Bertz CT molecular complexity index is 615. The maximum atomic E-state index is 12.4. The fourth-order valence-electron chi connectivity index (χ4n) is 2.04. The summed E-state index contributed by atoms with van der Waals surface area (Å²) in [4.78, 5) is 23.6. The van der Waals surface area contributed by atoms with Crippen molar-refractivity contribution in [3.8, 4) is 5.75 Å². The summed E-state index contributed by atoms with van der Waals surface area (Å²) < 4.78 is 5.75. The van der Waals surface area contributed by atoms with Crippen molar-refractivity contribution in [2.45, 2.75) is 26.4 Å². The first-order chi connectivity index (χ1) is 10.1. The molecule has 0 radical (unpaired) electrons. The van der Waals surface area contributed by atoms with Gasteiger partial charge in [-0.3, -0.25) is 9.59 Å². The Labute approximate surface area is 124 Å². The molecule has 1 unspecified atom stereocenters. The van der Waals surface area contributed by atoms with E-state index in [9.17, 15) is 9.59 Å². The van der Waals surface area contributed by atoms with Crippen LogP contribution in [0.5, 0.6) is 5.75 Å². The Kier molecular flexibility index (Phi) is 4.88. The molecule has 0 aromatic heterocycles. The summed E-state index contributed by atoms with van der Waals surface area (Å²) in [5.74, 6) is 0.568. The van der Waals surface area contributed by atoms with Crippen LogP contribution >= 0.6 is 0 Å². The smallest absolute Gasteiger partial charge is 0.203 e. The highest BCUT2D eigenvalue weighted by molar-refractivity contribution is 5.99. The molecule has 0 heterocycles. The molecular formula is C18H18O3. The van der Waals surface area contributed by atoms with Gasteiger partial charge in [0.25, 0.3) is 0 Å². The molecule has 0 saturated heterocycles. The molecule has 0 fully saturated rings. The lowest BCUT2D eigenvalue weighted by atomic mass is 10.0. The summed E-state index contributed by atoms with van der Waals surface area (Å²) in [5, 5.41) is 0. The number of benzene rings is 2. The maximum absolute atomic E-state index is 12.4. The molecule has 108 valence electrons. The van der Waals surface area contributed by atoms with Gasteiger partial charge < -0.3 is 4.74 Å². The number of hydrogen-bond donors (Lipinski definition) is 0. The van der Waals surface area contributed by atoms with Gasteiger partial charge in [0.05, 0.1) is 0 Å². The van der Waals surface area contributed by atoms with Gasteiger partial charge in [-0.1, -0.05) is 37.3 Å². The topological polar surface area (TPSA) is 43.4 Å². The molecule has 0 saturated carbocycles. The molecule has 0 aliphatic heterocycles. The highest BCUT2D eigenvalue weighted by Gasteiger charge is 2.19. The minimum Gasteiger partial charge on any atom is -0.482 e. The molecule has 0 N–H and O–H groups in total. The SMILES string of the molecule is CCC(Oc1ccc(C(C)=O)cc1)C(=O)c1ccccc1. The van der Waals surface area contributed by atoms with Crippen molar-refractivity contribution in [2.24, 2.45) is 0 Å². The van der Waals surface area contributed by atoms with E-state index in [-0.39, 0.29) is 11.6 Å². The summed E-state index contributed by atoms with van der Waals surface area (Å²) in [6.07, 6.45) is 0.0675. The van der Waals surface area contributed by atoms with Crippen LogP contribution in [0, 0.1) is 0 Å². The van der Waals surface area contributed by atoms with Gasteiger partial charge >= 0.3 is 0 Å². The third-order valence-corrected chi connectivity index (χ3v) is 3.26. The van der Waals surface area contributed by atoms with Crippen molar-refractivity contribution < 1.29 is 14.3 Å². The summed E-state index contributed by atoms with van der Waals surface area (Å²) in [6, 6.07) is 16.0. The third kappa shape index (κ3) is 3.78. The third-order valence-electron chi connectivity index (χ3n) is 3.26. The fraction of sp³-hybridized carbons (Fsp3) is 0.222. The van der Waals surface area contributed by atoms with E-state index in [1.807, 2.05) is 25.1 Å². The molecule has 0 amide bonds. The van der Waals surface area contributed by atoms with Crippen LogP contribution in [0.15, 0.2) is 54.6 Å². The highest BCUT2D eigenvalue weighted by Crippen LogP contribution is 2.17. The molecule has 2 aromatic rings. The number of rotatable bonds is 6. The van der Waals surface area contributed by atoms with Crippen LogP contribution in [0.4, 0.5) is 0 Å². The summed E-state index contributed by atoms with van der Waals surface area (Å²) in [7, 11) is 0. The quantitative estimate of drug-likeness (QED) is 0.754. The summed E-state index contributed by atoms with van der Waals surface area (Å²) in [5.41, 5.74) is 1.27. The van der Waals surface area contributed by atoms with Gasteiger partial charge in [-0.2, -0.15) is 0 Å². The van der Waals surface area contributed by atoms with Gasteiger partial charge in [-0.25, -0.2) is 0 Å². The van der Waals surface area contributed by atoms with E-state index in [0.717, 1.165) is 0 Å². The zero-order chi connectivity index (χ0) is 15.2. The summed E-state index contributed by atoms with van der Waals surface area (Å²) >= 11 is 0. The zero-order valence-electron chi connectivity index (χ0n) is 12.2. The normalized spacial score (nSPS) is 11.7. The predicted octanol–water partition coefficient (Wildman–Crippen LogP) is 3.93. The second kappa shape index (κ2) is 6.84.